The lowest BCUT2D eigenvalue weighted by Crippen LogP contribution is -2.29. The van der Waals surface area contributed by atoms with Gasteiger partial charge in [0.1, 0.15) is 16.9 Å². The smallest absolute Gasteiger partial charge is 0.246 e. The summed E-state index contributed by atoms with van der Waals surface area (Å²) in [5, 5.41) is 0.468. The number of amides is 1. The number of carbonyl (C=O) groups is 1. The lowest BCUT2D eigenvalue weighted by atomic mass is 10.2. The van der Waals surface area contributed by atoms with Crippen LogP contribution in [-0.2, 0) is 4.79 Å². The Balaban J connectivity index is 1.59. The molecule has 1 atom stereocenters. The highest BCUT2D eigenvalue weighted by Crippen LogP contribution is 2.28. The standard InChI is InChI=1S/C20H21ClN2O4/c1-25-18-5-3-14(11-19(18)26-2)4-6-20(24)23-10-8-15(13-23)27-17-7-9-22-12-16(17)21/h3-7,9,11-12,15H,8,10,13H2,1-2H3/b6-4+/t15-/m1/s1. The molecule has 3 rings (SSSR count). The summed E-state index contributed by atoms with van der Waals surface area (Å²) < 4.78 is 16.4. The summed E-state index contributed by atoms with van der Waals surface area (Å²) >= 11 is 6.07. The second-order valence-electron chi connectivity index (χ2n) is 6.07. The minimum Gasteiger partial charge on any atom is -0.493 e. The Morgan fingerprint density at radius 2 is 2.04 bits per heavy atom. The van der Waals surface area contributed by atoms with Gasteiger partial charge in [0, 0.05) is 37.5 Å². The molecule has 1 aromatic heterocycles. The molecule has 27 heavy (non-hydrogen) atoms. The molecule has 0 aliphatic carbocycles. The summed E-state index contributed by atoms with van der Waals surface area (Å²) in [5.74, 6) is 1.80. The highest BCUT2D eigenvalue weighted by atomic mass is 35.5. The minimum absolute atomic E-state index is 0.0586. The maximum absolute atomic E-state index is 12.5. The molecule has 1 aliphatic rings. The van der Waals surface area contributed by atoms with Crippen molar-refractivity contribution in [3.05, 3.63) is 53.3 Å². The number of pyridine rings is 1. The maximum atomic E-state index is 12.5. The molecule has 0 unspecified atom stereocenters. The van der Waals surface area contributed by atoms with Crippen LogP contribution in [0.3, 0.4) is 0 Å². The topological polar surface area (TPSA) is 60.9 Å². The van der Waals surface area contributed by atoms with Crippen molar-refractivity contribution in [2.24, 2.45) is 0 Å². The van der Waals surface area contributed by atoms with Crippen LogP contribution in [0, 0.1) is 0 Å². The van der Waals surface area contributed by atoms with Crippen LogP contribution in [0.5, 0.6) is 17.2 Å². The number of methoxy groups -OCH3 is 2. The van der Waals surface area contributed by atoms with E-state index in [1.165, 1.54) is 0 Å². The molecule has 0 spiro atoms. The van der Waals surface area contributed by atoms with E-state index < -0.39 is 0 Å². The van der Waals surface area contributed by atoms with Gasteiger partial charge in [-0.2, -0.15) is 0 Å². The van der Waals surface area contributed by atoms with Crippen LogP contribution < -0.4 is 14.2 Å². The van der Waals surface area contributed by atoms with Gasteiger partial charge in [-0.05, 0) is 23.8 Å². The second kappa shape index (κ2) is 8.77. The lowest BCUT2D eigenvalue weighted by Gasteiger charge is -2.16. The number of likely N-dealkylation sites (tertiary alicyclic amines) is 1. The van der Waals surface area contributed by atoms with Crippen LogP contribution in [0.15, 0.2) is 42.7 Å². The van der Waals surface area contributed by atoms with Crippen LogP contribution in [0.1, 0.15) is 12.0 Å². The van der Waals surface area contributed by atoms with E-state index in [9.17, 15) is 4.79 Å². The van der Waals surface area contributed by atoms with E-state index in [1.807, 2.05) is 12.1 Å². The first kappa shape index (κ1) is 19.0. The second-order valence-corrected chi connectivity index (χ2v) is 6.47. The third kappa shape index (κ3) is 4.71. The van der Waals surface area contributed by atoms with Crippen molar-refractivity contribution in [2.75, 3.05) is 27.3 Å². The molecule has 1 fully saturated rings. The fraction of sp³-hybridized carbons (Fsp3) is 0.300. The van der Waals surface area contributed by atoms with Gasteiger partial charge in [0.25, 0.3) is 0 Å². The molecule has 0 bridgehead atoms. The van der Waals surface area contributed by atoms with Gasteiger partial charge in [-0.3, -0.25) is 9.78 Å². The summed E-state index contributed by atoms with van der Waals surface area (Å²) in [6, 6.07) is 7.22. The Morgan fingerprint density at radius 1 is 1.22 bits per heavy atom. The molecule has 0 radical (unpaired) electrons. The molecule has 1 amide bonds. The molecule has 0 saturated carbocycles. The largest absolute Gasteiger partial charge is 0.493 e. The van der Waals surface area contributed by atoms with Gasteiger partial charge in [0.05, 0.1) is 20.8 Å². The van der Waals surface area contributed by atoms with E-state index >= 15 is 0 Å². The highest BCUT2D eigenvalue weighted by Gasteiger charge is 2.27. The SMILES string of the molecule is COc1ccc(/C=C/C(=O)N2CC[C@@H](Oc3ccncc3Cl)C2)cc1OC. The zero-order valence-corrected chi connectivity index (χ0v) is 16.0. The Kier molecular flexibility index (Phi) is 6.19. The Labute approximate surface area is 163 Å². The van der Waals surface area contributed by atoms with E-state index in [0.29, 0.717) is 35.4 Å². The van der Waals surface area contributed by atoms with Gasteiger partial charge in [0.2, 0.25) is 5.91 Å². The number of ether oxygens (including phenoxy) is 3. The molecule has 0 N–H and O–H groups in total. The molecular formula is C20H21ClN2O4. The van der Waals surface area contributed by atoms with Crippen molar-refractivity contribution in [2.45, 2.75) is 12.5 Å². The Morgan fingerprint density at radius 3 is 2.78 bits per heavy atom. The monoisotopic (exact) mass is 388 g/mol. The van der Waals surface area contributed by atoms with Crippen molar-refractivity contribution in [1.82, 2.24) is 9.88 Å². The third-order valence-corrected chi connectivity index (χ3v) is 4.60. The summed E-state index contributed by atoms with van der Waals surface area (Å²) in [7, 11) is 3.16. The predicted molar refractivity (Wildman–Crippen MR) is 103 cm³/mol. The van der Waals surface area contributed by atoms with Crippen molar-refractivity contribution in [3.8, 4) is 17.2 Å². The number of halogens is 1. The Bertz CT molecular complexity index is 840. The van der Waals surface area contributed by atoms with E-state index in [4.69, 9.17) is 25.8 Å². The third-order valence-electron chi connectivity index (χ3n) is 4.31. The number of rotatable bonds is 6. The molecule has 2 aromatic rings. The predicted octanol–water partition coefficient (Wildman–Crippen LogP) is 3.45. The van der Waals surface area contributed by atoms with Crippen LogP contribution in [-0.4, -0.2) is 49.2 Å². The van der Waals surface area contributed by atoms with Crippen molar-refractivity contribution >= 4 is 23.6 Å². The summed E-state index contributed by atoms with van der Waals surface area (Å²) in [6.07, 6.45) is 7.17. The van der Waals surface area contributed by atoms with Crippen molar-refractivity contribution < 1.29 is 19.0 Å². The van der Waals surface area contributed by atoms with E-state index in [0.717, 1.165) is 12.0 Å². The molecule has 1 aromatic carbocycles. The van der Waals surface area contributed by atoms with Gasteiger partial charge in [-0.25, -0.2) is 0 Å². The number of hydrogen-bond acceptors (Lipinski definition) is 5. The number of hydrogen-bond donors (Lipinski definition) is 0. The number of nitrogens with zero attached hydrogens (tertiary/aromatic N) is 2. The average Bonchev–Trinajstić information content (AvgIpc) is 3.16. The van der Waals surface area contributed by atoms with Gasteiger partial charge in [-0.15, -0.1) is 0 Å². The van der Waals surface area contributed by atoms with Crippen LogP contribution >= 0.6 is 11.6 Å². The number of benzene rings is 1. The van der Waals surface area contributed by atoms with E-state index in [-0.39, 0.29) is 12.0 Å². The number of aromatic nitrogens is 1. The number of carbonyl (C=O) groups excluding carboxylic acids is 1. The van der Waals surface area contributed by atoms with Gasteiger partial charge in [-0.1, -0.05) is 17.7 Å². The quantitative estimate of drug-likeness (QED) is 0.709. The van der Waals surface area contributed by atoms with Crippen molar-refractivity contribution in [1.29, 1.82) is 0 Å². The van der Waals surface area contributed by atoms with Crippen LogP contribution in [0.4, 0.5) is 0 Å². The van der Waals surface area contributed by atoms with Crippen LogP contribution in [0.25, 0.3) is 6.08 Å². The lowest BCUT2D eigenvalue weighted by molar-refractivity contribution is -0.125. The summed E-state index contributed by atoms with van der Waals surface area (Å²) in [4.78, 5) is 18.2. The molecular weight excluding hydrogens is 368 g/mol. The average molecular weight is 389 g/mol. The maximum Gasteiger partial charge on any atom is 0.246 e. The minimum atomic E-state index is -0.0802. The van der Waals surface area contributed by atoms with Crippen molar-refractivity contribution in [3.63, 3.8) is 0 Å². The first-order valence-electron chi connectivity index (χ1n) is 8.56. The normalized spacial score (nSPS) is 16.6. The fourth-order valence-corrected chi connectivity index (χ4v) is 3.06. The summed E-state index contributed by atoms with van der Waals surface area (Å²) in [5.41, 5.74) is 0.858. The van der Waals surface area contributed by atoms with Crippen LogP contribution in [0.2, 0.25) is 5.02 Å². The molecule has 1 saturated heterocycles. The van der Waals surface area contributed by atoms with Gasteiger partial charge >= 0.3 is 0 Å². The van der Waals surface area contributed by atoms with E-state index in [1.54, 1.807) is 55.8 Å². The highest BCUT2D eigenvalue weighted by molar-refractivity contribution is 6.31. The Hall–Kier alpha value is -2.73. The zero-order valence-electron chi connectivity index (χ0n) is 15.2. The molecule has 2 heterocycles. The molecule has 1 aliphatic heterocycles. The fourth-order valence-electron chi connectivity index (χ4n) is 2.89. The zero-order chi connectivity index (χ0) is 19.2. The molecule has 6 nitrogen and oxygen atoms in total. The van der Waals surface area contributed by atoms with Gasteiger partial charge in [0.15, 0.2) is 11.5 Å². The van der Waals surface area contributed by atoms with E-state index in [2.05, 4.69) is 4.98 Å². The first-order chi connectivity index (χ1) is 13.1. The van der Waals surface area contributed by atoms with Gasteiger partial charge < -0.3 is 19.1 Å². The summed E-state index contributed by atoms with van der Waals surface area (Å²) in [6.45, 7) is 1.16. The first-order valence-corrected chi connectivity index (χ1v) is 8.93. The molecule has 7 heteroatoms. The molecule has 142 valence electrons.